The molecule has 0 aliphatic carbocycles. The standard InChI is InChI=1S/C16H22N2O2/c1-16(2,12-17)10-7-11-18-14(15(19)20-3)13-8-5-4-6-9-13/h4-6,8-9,14,18H,7,10-11H2,1-3H3. The van der Waals surface area contributed by atoms with Gasteiger partial charge in [0.2, 0.25) is 0 Å². The number of nitrogens with one attached hydrogen (secondary N) is 1. The van der Waals surface area contributed by atoms with E-state index in [-0.39, 0.29) is 11.4 Å². The van der Waals surface area contributed by atoms with Crippen LogP contribution in [0.25, 0.3) is 0 Å². The molecule has 0 aliphatic rings. The normalized spacial score (nSPS) is 12.5. The van der Waals surface area contributed by atoms with E-state index in [9.17, 15) is 4.79 Å². The van der Waals surface area contributed by atoms with Crippen LogP contribution in [0.1, 0.15) is 38.3 Å². The van der Waals surface area contributed by atoms with Crippen molar-refractivity contribution in [1.29, 1.82) is 5.26 Å². The molecule has 4 nitrogen and oxygen atoms in total. The molecule has 0 bridgehead atoms. The summed E-state index contributed by atoms with van der Waals surface area (Å²) in [6, 6.07) is 11.3. The zero-order chi connectivity index (χ0) is 15.0. The highest BCUT2D eigenvalue weighted by atomic mass is 16.5. The lowest BCUT2D eigenvalue weighted by Crippen LogP contribution is -2.30. The van der Waals surface area contributed by atoms with Gasteiger partial charge in [0.05, 0.1) is 18.6 Å². The van der Waals surface area contributed by atoms with E-state index in [0.29, 0.717) is 6.54 Å². The summed E-state index contributed by atoms with van der Waals surface area (Å²) in [6.07, 6.45) is 1.63. The molecular formula is C16H22N2O2. The van der Waals surface area contributed by atoms with Crippen LogP contribution in [-0.4, -0.2) is 19.6 Å². The molecule has 1 aromatic rings. The predicted molar refractivity (Wildman–Crippen MR) is 77.8 cm³/mol. The fourth-order valence-electron chi connectivity index (χ4n) is 1.93. The van der Waals surface area contributed by atoms with Crippen LogP contribution >= 0.6 is 0 Å². The van der Waals surface area contributed by atoms with Gasteiger partial charge >= 0.3 is 5.97 Å². The summed E-state index contributed by atoms with van der Waals surface area (Å²) in [5.41, 5.74) is 0.564. The highest BCUT2D eigenvalue weighted by Crippen LogP contribution is 2.21. The van der Waals surface area contributed by atoms with Crippen molar-refractivity contribution in [3.8, 4) is 6.07 Å². The number of carbonyl (C=O) groups is 1. The van der Waals surface area contributed by atoms with Crippen molar-refractivity contribution in [3.63, 3.8) is 0 Å². The first kappa shape index (κ1) is 16.2. The molecule has 0 amide bonds. The van der Waals surface area contributed by atoms with Crippen molar-refractivity contribution in [2.75, 3.05) is 13.7 Å². The molecule has 1 aromatic carbocycles. The highest BCUT2D eigenvalue weighted by Gasteiger charge is 2.21. The van der Waals surface area contributed by atoms with Crippen LogP contribution in [0, 0.1) is 16.7 Å². The quantitative estimate of drug-likeness (QED) is 0.613. The number of esters is 1. The second kappa shape index (κ2) is 7.66. The molecule has 0 radical (unpaired) electrons. The van der Waals surface area contributed by atoms with Gasteiger partial charge in [0.15, 0.2) is 0 Å². The monoisotopic (exact) mass is 274 g/mol. The maximum absolute atomic E-state index is 11.8. The molecule has 1 N–H and O–H groups in total. The van der Waals surface area contributed by atoms with Gasteiger partial charge in [0.1, 0.15) is 6.04 Å². The van der Waals surface area contributed by atoms with Crippen molar-refractivity contribution in [1.82, 2.24) is 5.32 Å². The molecule has 1 atom stereocenters. The Balaban J connectivity index is 2.56. The van der Waals surface area contributed by atoms with Gasteiger partial charge in [-0.3, -0.25) is 0 Å². The van der Waals surface area contributed by atoms with Gasteiger partial charge in [0, 0.05) is 0 Å². The number of carbonyl (C=O) groups excluding carboxylic acids is 1. The Kier molecular flexibility index (Phi) is 6.20. The Morgan fingerprint density at radius 2 is 2.05 bits per heavy atom. The van der Waals surface area contributed by atoms with Crippen LogP contribution in [0.3, 0.4) is 0 Å². The Bertz CT molecular complexity index is 463. The lowest BCUT2D eigenvalue weighted by Gasteiger charge is -2.19. The Hall–Kier alpha value is -1.86. The fourth-order valence-corrected chi connectivity index (χ4v) is 1.93. The van der Waals surface area contributed by atoms with E-state index in [4.69, 9.17) is 10.00 Å². The van der Waals surface area contributed by atoms with Crippen molar-refractivity contribution in [3.05, 3.63) is 35.9 Å². The van der Waals surface area contributed by atoms with Crippen LogP contribution in [0.2, 0.25) is 0 Å². The number of hydrogen-bond donors (Lipinski definition) is 1. The summed E-state index contributed by atoms with van der Waals surface area (Å²) >= 11 is 0. The molecule has 0 saturated heterocycles. The average Bonchev–Trinajstić information content (AvgIpc) is 2.47. The van der Waals surface area contributed by atoms with Crippen molar-refractivity contribution < 1.29 is 9.53 Å². The van der Waals surface area contributed by atoms with E-state index in [0.717, 1.165) is 18.4 Å². The van der Waals surface area contributed by atoms with Crippen LogP contribution in [0.15, 0.2) is 30.3 Å². The average molecular weight is 274 g/mol. The summed E-state index contributed by atoms with van der Waals surface area (Å²) in [5, 5.41) is 12.2. The molecule has 0 aliphatic heterocycles. The lowest BCUT2D eigenvalue weighted by atomic mass is 9.90. The lowest BCUT2D eigenvalue weighted by molar-refractivity contribution is -0.143. The topological polar surface area (TPSA) is 62.1 Å². The predicted octanol–water partition coefficient (Wildman–Crippen LogP) is 2.82. The molecule has 20 heavy (non-hydrogen) atoms. The molecule has 1 rings (SSSR count). The number of ether oxygens (including phenoxy) is 1. The minimum Gasteiger partial charge on any atom is -0.468 e. The van der Waals surface area contributed by atoms with Gasteiger partial charge in [-0.1, -0.05) is 30.3 Å². The number of methoxy groups -OCH3 is 1. The van der Waals surface area contributed by atoms with E-state index < -0.39 is 6.04 Å². The number of benzene rings is 1. The molecule has 0 spiro atoms. The molecule has 1 unspecified atom stereocenters. The Labute approximate surface area is 120 Å². The molecule has 0 aromatic heterocycles. The SMILES string of the molecule is COC(=O)C(NCCCC(C)(C)C#N)c1ccccc1. The summed E-state index contributed by atoms with van der Waals surface area (Å²) in [7, 11) is 1.39. The van der Waals surface area contributed by atoms with E-state index in [1.54, 1.807) is 0 Å². The van der Waals surface area contributed by atoms with Gasteiger partial charge < -0.3 is 10.1 Å². The first-order valence-electron chi connectivity index (χ1n) is 6.77. The van der Waals surface area contributed by atoms with Crippen LogP contribution in [0.4, 0.5) is 0 Å². The van der Waals surface area contributed by atoms with Crippen molar-refractivity contribution in [2.45, 2.75) is 32.7 Å². The molecule has 4 heteroatoms. The van der Waals surface area contributed by atoms with E-state index in [1.165, 1.54) is 7.11 Å². The van der Waals surface area contributed by atoms with E-state index in [1.807, 2.05) is 44.2 Å². The maximum atomic E-state index is 11.8. The minimum atomic E-state index is -0.452. The van der Waals surface area contributed by atoms with Crippen molar-refractivity contribution >= 4 is 5.97 Å². The van der Waals surface area contributed by atoms with Crippen LogP contribution < -0.4 is 5.32 Å². The minimum absolute atomic E-state index is 0.296. The largest absolute Gasteiger partial charge is 0.468 e. The smallest absolute Gasteiger partial charge is 0.327 e. The third kappa shape index (κ3) is 5.02. The maximum Gasteiger partial charge on any atom is 0.327 e. The third-order valence-electron chi connectivity index (χ3n) is 3.20. The fraction of sp³-hybridized carbons (Fsp3) is 0.500. The van der Waals surface area contributed by atoms with Gasteiger partial charge in [0.25, 0.3) is 0 Å². The molecule has 0 fully saturated rings. The molecular weight excluding hydrogens is 252 g/mol. The summed E-state index contributed by atoms with van der Waals surface area (Å²) in [5.74, 6) is -0.296. The van der Waals surface area contributed by atoms with Crippen molar-refractivity contribution in [2.24, 2.45) is 5.41 Å². The van der Waals surface area contributed by atoms with Gasteiger partial charge in [-0.25, -0.2) is 4.79 Å². The second-order valence-corrected chi connectivity index (χ2v) is 5.42. The first-order valence-corrected chi connectivity index (χ1v) is 6.77. The third-order valence-corrected chi connectivity index (χ3v) is 3.20. The number of hydrogen-bond acceptors (Lipinski definition) is 4. The number of nitrogens with zero attached hydrogens (tertiary/aromatic N) is 1. The first-order chi connectivity index (χ1) is 9.50. The molecule has 108 valence electrons. The van der Waals surface area contributed by atoms with Gasteiger partial charge in [-0.2, -0.15) is 5.26 Å². The van der Waals surface area contributed by atoms with Crippen LogP contribution in [-0.2, 0) is 9.53 Å². The molecule has 0 saturated carbocycles. The molecule has 0 heterocycles. The van der Waals surface area contributed by atoms with Crippen LogP contribution in [0.5, 0.6) is 0 Å². The van der Waals surface area contributed by atoms with Gasteiger partial charge in [-0.05, 0) is 38.8 Å². The highest BCUT2D eigenvalue weighted by molar-refractivity contribution is 5.77. The zero-order valence-corrected chi connectivity index (χ0v) is 12.3. The Morgan fingerprint density at radius 1 is 1.40 bits per heavy atom. The summed E-state index contributed by atoms with van der Waals surface area (Å²) < 4.78 is 4.83. The van der Waals surface area contributed by atoms with Gasteiger partial charge in [-0.15, -0.1) is 0 Å². The Morgan fingerprint density at radius 3 is 2.60 bits per heavy atom. The summed E-state index contributed by atoms with van der Waals surface area (Å²) in [4.78, 5) is 11.8. The summed E-state index contributed by atoms with van der Waals surface area (Å²) in [6.45, 7) is 4.50. The second-order valence-electron chi connectivity index (χ2n) is 5.42. The van der Waals surface area contributed by atoms with E-state index >= 15 is 0 Å². The zero-order valence-electron chi connectivity index (χ0n) is 12.3. The van der Waals surface area contributed by atoms with E-state index in [2.05, 4.69) is 11.4 Å². The number of nitriles is 1. The number of rotatable bonds is 7.